The van der Waals surface area contributed by atoms with Crippen LogP contribution in [0.1, 0.15) is 25.0 Å². The molecule has 0 bridgehead atoms. The summed E-state index contributed by atoms with van der Waals surface area (Å²) >= 11 is 1.48. The zero-order valence-electron chi connectivity index (χ0n) is 17.1. The largest absolute Gasteiger partial charge is 0.351 e. The first-order valence-electron chi connectivity index (χ1n) is 9.77. The van der Waals surface area contributed by atoms with Gasteiger partial charge < -0.3 is 5.32 Å². The highest BCUT2D eigenvalue weighted by Gasteiger charge is 2.15. The van der Waals surface area contributed by atoms with Crippen LogP contribution in [0, 0.1) is 0 Å². The maximum absolute atomic E-state index is 12.3. The first-order valence-corrected chi connectivity index (χ1v) is 12.4. The molecular weight excluding hydrogens is 416 g/mol. The number of nitrogens with one attached hydrogen (secondary N) is 2. The molecule has 0 atom stereocenters. The van der Waals surface area contributed by atoms with E-state index in [4.69, 9.17) is 0 Å². The summed E-state index contributed by atoms with van der Waals surface area (Å²) in [5.74, 6) is 0.0997. The van der Waals surface area contributed by atoms with Crippen LogP contribution in [-0.2, 0) is 27.1 Å². The van der Waals surface area contributed by atoms with E-state index in [9.17, 15) is 13.2 Å². The van der Waals surface area contributed by atoms with Crippen LogP contribution < -0.4 is 10.0 Å². The zero-order chi connectivity index (χ0) is 21.6. The molecule has 0 aliphatic rings. The van der Waals surface area contributed by atoms with Gasteiger partial charge in [-0.15, -0.1) is 11.8 Å². The molecule has 0 radical (unpaired) electrons. The molecule has 0 spiro atoms. The van der Waals surface area contributed by atoms with Gasteiger partial charge in [0.25, 0.3) is 0 Å². The van der Waals surface area contributed by atoms with Crippen molar-refractivity contribution >= 4 is 38.5 Å². The SMILES string of the molecule is CC(C)NS(=O)(=O)Cc1ccccc1CNC(=O)CSc1ccc2ccccc2c1. The Balaban J connectivity index is 1.56. The van der Waals surface area contributed by atoms with Crippen molar-refractivity contribution in [2.24, 2.45) is 0 Å². The van der Waals surface area contributed by atoms with Crippen LogP contribution in [0.5, 0.6) is 0 Å². The Labute approximate surface area is 182 Å². The lowest BCUT2D eigenvalue weighted by Gasteiger charge is -2.13. The van der Waals surface area contributed by atoms with Gasteiger partial charge in [0, 0.05) is 17.5 Å². The van der Waals surface area contributed by atoms with Crippen molar-refractivity contribution < 1.29 is 13.2 Å². The zero-order valence-corrected chi connectivity index (χ0v) is 18.7. The van der Waals surface area contributed by atoms with E-state index < -0.39 is 10.0 Å². The fraction of sp³-hybridized carbons (Fsp3) is 0.261. The molecular formula is C23H26N2O3S2. The van der Waals surface area contributed by atoms with Crippen LogP contribution in [0.3, 0.4) is 0 Å². The molecule has 0 fully saturated rings. The second-order valence-electron chi connectivity index (χ2n) is 7.37. The number of benzene rings is 3. The third kappa shape index (κ3) is 6.58. The van der Waals surface area contributed by atoms with Crippen LogP contribution in [0.25, 0.3) is 10.8 Å². The van der Waals surface area contributed by atoms with E-state index in [2.05, 4.69) is 34.3 Å². The Hall–Kier alpha value is -2.35. The number of amides is 1. The van der Waals surface area contributed by atoms with Gasteiger partial charge in [0.1, 0.15) is 0 Å². The Morgan fingerprint density at radius 1 is 0.933 bits per heavy atom. The number of rotatable bonds is 9. The van der Waals surface area contributed by atoms with E-state index in [0.29, 0.717) is 17.9 Å². The van der Waals surface area contributed by atoms with Crippen molar-refractivity contribution in [1.82, 2.24) is 10.0 Å². The van der Waals surface area contributed by atoms with Gasteiger partial charge in [-0.2, -0.15) is 0 Å². The van der Waals surface area contributed by atoms with Crippen LogP contribution >= 0.6 is 11.8 Å². The maximum Gasteiger partial charge on any atom is 0.230 e. The minimum atomic E-state index is -3.43. The van der Waals surface area contributed by atoms with Gasteiger partial charge >= 0.3 is 0 Å². The number of hydrogen-bond donors (Lipinski definition) is 2. The third-order valence-corrected chi connectivity index (χ3v) is 6.96. The molecule has 0 saturated carbocycles. The number of carbonyl (C=O) groups is 1. The minimum Gasteiger partial charge on any atom is -0.351 e. The predicted molar refractivity (Wildman–Crippen MR) is 124 cm³/mol. The Morgan fingerprint density at radius 2 is 1.60 bits per heavy atom. The summed E-state index contributed by atoms with van der Waals surface area (Å²) in [5, 5.41) is 5.22. The molecule has 0 saturated heterocycles. The molecule has 3 aromatic carbocycles. The molecule has 2 N–H and O–H groups in total. The van der Waals surface area contributed by atoms with Crippen molar-refractivity contribution in [2.45, 2.75) is 37.1 Å². The molecule has 3 aromatic rings. The predicted octanol–water partition coefficient (Wildman–Crippen LogP) is 4.08. The topological polar surface area (TPSA) is 75.3 Å². The highest BCUT2D eigenvalue weighted by Crippen LogP contribution is 2.23. The summed E-state index contributed by atoms with van der Waals surface area (Å²) in [6, 6.07) is 21.4. The highest BCUT2D eigenvalue weighted by molar-refractivity contribution is 8.00. The summed E-state index contributed by atoms with van der Waals surface area (Å²) in [5.41, 5.74) is 1.49. The molecule has 0 heterocycles. The summed E-state index contributed by atoms with van der Waals surface area (Å²) in [6.45, 7) is 3.87. The van der Waals surface area contributed by atoms with Gasteiger partial charge in [-0.25, -0.2) is 13.1 Å². The molecule has 0 unspecified atom stereocenters. The van der Waals surface area contributed by atoms with E-state index in [0.717, 1.165) is 15.8 Å². The fourth-order valence-corrected chi connectivity index (χ4v) is 5.39. The van der Waals surface area contributed by atoms with Gasteiger partial charge in [-0.3, -0.25) is 4.79 Å². The molecule has 0 aliphatic carbocycles. The molecule has 7 heteroatoms. The highest BCUT2D eigenvalue weighted by atomic mass is 32.2. The average molecular weight is 443 g/mol. The second kappa shape index (κ2) is 10.1. The maximum atomic E-state index is 12.3. The van der Waals surface area contributed by atoms with Crippen molar-refractivity contribution in [3.8, 4) is 0 Å². The average Bonchev–Trinajstić information content (AvgIpc) is 2.70. The number of hydrogen-bond acceptors (Lipinski definition) is 4. The van der Waals surface area contributed by atoms with Crippen LogP contribution in [0.15, 0.2) is 71.6 Å². The standard InChI is InChI=1S/C23H26N2O3S2/c1-17(2)25-30(27,28)16-21-10-6-5-9-20(21)14-24-23(26)15-29-22-12-11-18-7-3-4-8-19(18)13-22/h3-13,17,25H,14-16H2,1-2H3,(H,24,26). The summed E-state index contributed by atoms with van der Waals surface area (Å²) in [6.07, 6.45) is 0. The first-order chi connectivity index (χ1) is 14.3. The second-order valence-corrected chi connectivity index (χ2v) is 10.2. The van der Waals surface area contributed by atoms with E-state index in [1.165, 1.54) is 17.1 Å². The summed E-state index contributed by atoms with van der Waals surface area (Å²) < 4.78 is 27.1. The van der Waals surface area contributed by atoms with Crippen molar-refractivity contribution in [3.05, 3.63) is 77.9 Å². The number of thioether (sulfide) groups is 1. The molecule has 0 aromatic heterocycles. The quantitative estimate of drug-likeness (QED) is 0.490. The van der Waals surface area contributed by atoms with Crippen molar-refractivity contribution in [3.63, 3.8) is 0 Å². The van der Waals surface area contributed by atoms with Gasteiger partial charge in [-0.1, -0.05) is 54.6 Å². The summed E-state index contributed by atoms with van der Waals surface area (Å²) in [7, 11) is -3.43. The molecule has 1 amide bonds. The monoisotopic (exact) mass is 442 g/mol. The number of fused-ring (bicyclic) bond motifs is 1. The van der Waals surface area contributed by atoms with Crippen LogP contribution in [0.4, 0.5) is 0 Å². The van der Waals surface area contributed by atoms with Crippen molar-refractivity contribution in [1.29, 1.82) is 0 Å². The summed E-state index contributed by atoms with van der Waals surface area (Å²) in [4.78, 5) is 13.4. The van der Waals surface area contributed by atoms with Gasteiger partial charge in [-0.05, 0) is 47.9 Å². The van der Waals surface area contributed by atoms with Crippen molar-refractivity contribution in [2.75, 3.05) is 5.75 Å². The lowest BCUT2D eigenvalue weighted by Crippen LogP contribution is -2.32. The number of carbonyl (C=O) groups excluding carboxylic acids is 1. The molecule has 30 heavy (non-hydrogen) atoms. The Bertz CT molecular complexity index is 1130. The van der Waals surface area contributed by atoms with Crippen LogP contribution in [-0.4, -0.2) is 26.1 Å². The fourth-order valence-electron chi connectivity index (χ4n) is 3.13. The minimum absolute atomic E-state index is 0.0916. The molecule has 5 nitrogen and oxygen atoms in total. The smallest absolute Gasteiger partial charge is 0.230 e. The van der Waals surface area contributed by atoms with E-state index in [1.807, 2.05) is 30.3 Å². The lowest BCUT2D eigenvalue weighted by molar-refractivity contribution is -0.118. The molecule has 158 valence electrons. The Kier molecular flexibility index (Phi) is 7.53. The van der Waals surface area contributed by atoms with E-state index in [-0.39, 0.29) is 17.7 Å². The Morgan fingerprint density at radius 3 is 2.33 bits per heavy atom. The van der Waals surface area contributed by atoms with Gasteiger partial charge in [0.05, 0.1) is 11.5 Å². The normalized spacial score (nSPS) is 11.7. The third-order valence-electron chi connectivity index (χ3n) is 4.45. The number of sulfonamides is 1. The lowest BCUT2D eigenvalue weighted by atomic mass is 10.1. The van der Waals surface area contributed by atoms with Crippen LogP contribution in [0.2, 0.25) is 0 Å². The van der Waals surface area contributed by atoms with Gasteiger partial charge in [0.2, 0.25) is 15.9 Å². The first kappa shape index (κ1) is 22.3. The van der Waals surface area contributed by atoms with Gasteiger partial charge in [0.15, 0.2) is 0 Å². The van der Waals surface area contributed by atoms with E-state index in [1.54, 1.807) is 26.0 Å². The van der Waals surface area contributed by atoms with E-state index >= 15 is 0 Å². The molecule has 3 rings (SSSR count). The molecule has 0 aliphatic heterocycles.